The number of aryl methyl sites for hydroxylation is 1. The van der Waals surface area contributed by atoms with Crippen LogP contribution in [0.25, 0.3) is 22.4 Å². The van der Waals surface area contributed by atoms with Gasteiger partial charge in [-0.25, -0.2) is 15.8 Å². The molecule has 3 aromatic rings. The number of fused-ring (bicyclic) bond motifs is 1. The zero-order valence-electron chi connectivity index (χ0n) is 15.3. The Hall–Kier alpha value is -3.17. The van der Waals surface area contributed by atoms with Gasteiger partial charge in [0.05, 0.1) is 32.1 Å². The van der Waals surface area contributed by atoms with Gasteiger partial charge in [-0.05, 0) is 31.2 Å². The first kappa shape index (κ1) is 18.6. The van der Waals surface area contributed by atoms with Crippen molar-refractivity contribution in [2.45, 2.75) is 13.5 Å². The van der Waals surface area contributed by atoms with Gasteiger partial charge in [-0.15, -0.1) is 0 Å². The van der Waals surface area contributed by atoms with Gasteiger partial charge in [-0.1, -0.05) is 0 Å². The summed E-state index contributed by atoms with van der Waals surface area (Å²) in [6.07, 6.45) is 0. The number of aliphatic hydroxyl groups excluding tert-OH is 1. The molecule has 0 fully saturated rings. The van der Waals surface area contributed by atoms with E-state index in [2.05, 4.69) is 15.4 Å². The number of methoxy groups -OCH3 is 2. The van der Waals surface area contributed by atoms with Crippen molar-refractivity contribution >= 4 is 17.1 Å². The van der Waals surface area contributed by atoms with Crippen LogP contribution in [0.15, 0.2) is 24.3 Å². The first-order valence-corrected chi connectivity index (χ1v) is 8.26. The van der Waals surface area contributed by atoms with E-state index in [-0.39, 0.29) is 6.61 Å². The van der Waals surface area contributed by atoms with Crippen LogP contribution >= 0.6 is 0 Å². The van der Waals surface area contributed by atoms with E-state index < -0.39 is 5.91 Å². The molecule has 0 unspecified atom stereocenters. The fourth-order valence-electron chi connectivity index (χ4n) is 2.96. The Balaban J connectivity index is 2.27. The number of nitrogens with one attached hydrogen (secondary N) is 1. The van der Waals surface area contributed by atoms with Crippen molar-refractivity contribution in [3.05, 3.63) is 35.7 Å². The Morgan fingerprint density at radius 3 is 2.59 bits per heavy atom. The SMILES string of the molecule is COc1ccc(-c2cc(C(=O)NN)c3nc(C)n(CCO)c3n2)cc1OC. The molecule has 0 atom stereocenters. The Morgan fingerprint density at radius 1 is 1.22 bits per heavy atom. The van der Waals surface area contributed by atoms with Crippen molar-refractivity contribution in [2.75, 3.05) is 20.8 Å². The third kappa shape index (κ3) is 3.29. The fraction of sp³-hybridized carbons (Fsp3) is 0.278. The number of nitrogens with zero attached hydrogens (tertiary/aromatic N) is 3. The van der Waals surface area contributed by atoms with Crippen molar-refractivity contribution < 1.29 is 19.4 Å². The maximum absolute atomic E-state index is 12.3. The second kappa shape index (κ2) is 7.60. The van der Waals surface area contributed by atoms with Crippen LogP contribution in [0.5, 0.6) is 11.5 Å². The zero-order valence-corrected chi connectivity index (χ0v) is 15.3. The molecule has 0 spiro atoms. The molecule has 2 aromatic heterocycles. The van der Waals surface area contributed by atoms with Crippen LogP contribution in [0, 0.1) is 6.92 Å². The molecular formula is C18H21N5O4. The zero-order chi connectivity index (χ0) is 19.6. The molecule has 2 heterocycles. The molecule has 0 radical (unpaired) electrons. The molecule has 0 aliphatic heterocycles. The highest BCUT2D eigenvalue weighted by Gasteiger charge is 2.19. The number of hydrazine groups is 1. The lowest BCUT2D eigenvalue weighted by Crippen LogP contribution is -2.30. The summed E-state index contributed by atoms with van der Waals surface area (Å²) in [5.41, 5.74) is 4.63. The van der Waals surface area contributed by atoms with Crippen LogP contribution < -0.4 is 20.7 Å². The first-order valence-electron chi connectivity index (χ1n) is 8.26. The molecule has 0 aliphatic carbocycles. The molecule has 0 aliphatic rings. The number of amides is 1. The van der Waals surface area contributed by atoms with Gasteiger partial charge < -0.3 is 19.1 Å². The summed E-state index contributed by atoms with van der Waals surface area (Å²) in [5.74, 6) is 6.64. The lowest BCUT2D eigenvalue weighted by molar-refractivity contribution is 0.0955. The number of aromatic nitrogens is 3. The smallest absolute Gasteiger partial charge is 0.267 e. The van der Waals surface area contributed by atoms with Gasteiger partial charge in [0.15, 0.2) is 17.1 Å². The van der Waals surface area contributed by atoms with Gasteiger partial charge in [0.25, 0.3) is 5.91 Å². The highest BCUT2D eigenvalue weighted by molar-refractivity contribution is 6.05. The molecule has 142 valence electrons. The number of pyridine rings is 1. The predicted molar refractivity (Wildman–Crippen MR) is 99.5 cm³/mol. The van der Waals surface area contributed by atoms with Crippen LogP contribution in [0.2, 0.25) is 0 Å². The lowest BCUT2D eigenvalue weighted by Gasteiger charge is -2.11. The monoisotopic (exact) mass is 371 g/mol. The summed E-state index contributed by atoms with van der Waals surface area (Å²) < 4.78 is 12.4. The Kier molecular flexibility index (Phi) is 5.24. The van der Waals surface area contributed by atoms with Crippen molar-refractivity contribution in [1.29, 1.82) is 0 Å². The van der Waals surface area contributed by atoms with E-state index in [9.17, 15) is 9.90 Å². The normalized spacial score (nSPS) is 10.9. The van der Waals surface area contributed by atoms with E-state index in [0.717, 1.165) is 5.56 Å². The number of ether oxygens (including phenoxy) is 2. The highest BCUT2D eigenvalue weighted by atomic mass is 16.5. The third-order valence-corrected chi connectivity index (χ3v) is 4.27. The number of rotatable bonds is 6. The number of imidazole rings is 1. The van der Waals surface area contributed by atoms with Crippen LogP contribution in [-0.4, -0.2) is 46.4 Å². The minimum atomic E-state index is -0.474. The van der Waals surface area contributed by atoms with E-state index in [1.807, 2.05) is 6.07 Å². The minimum Gasteiger partial charge on any atom is -0.493 e. The average Bonchev–Trinajstić information content (AvgIpc) is 3.01. The standard InChI is InChI=1S/C18H21N5O4/c1-10-20-16-12(18(25)22-19)9-13(21-17(16)23(10)6-7-24)11-4-5-14(26-2)15(8-11)27-3/h4-5,8-9,24H,6-7,19H2,1-3H3,(H,22,25). The van der Waals surface area contributed by atoms with Crippen molar-refractivity contribution in [3.63, 3.8) is 0 Å². The predicted octanol–water partition coefficient (Wildman–Crippen LogP) is 1.02. The molecule has 1 aromatic carbocycles. The molecule has 3 rings (SSSR count). The molecule has 27 heavy (non-hydrogen) atoms. The van der Waals surface area contributed by atoms with Crippen LogP contribution in [0.3, 0.4) is 0 Å². The molecule has 0 saturated carbocycles. The maximum atomic E-state index is 12.3. The van der Waals surface area contributed by atoms with Crippen LogP contribution in [0.1, 0.15) is 16.2 Å². The molecular weight excluding hydrogens is 350 g/mol. The number of carbonyl (C=O) groups is 1. The van der Waals surface area contributed by atoms with E-state index in [4.69, 9.17) is 15.3 Å². The molecule has 9 nitrogen and oxygen atoms in total. The summed E-state index contributed by atoms with van der Waals surface area (Å²) >= 11 is 0. The van der Waals surface area contributed by atoms with Crippen molar-refractivity contribution in [3.8, 4) is 22.8 Å². The topological polar surface area (TPSA) is 125 Å². The Bertz CT molecular complexity index is 999. The van der Waals surface area contributed by atoms with Gasteiger partial charge in [0.1, 0.15) is 11.3 Å². The molecule has 4 N–H and O–H groups in total. The fourth-order valence-corrected chi connectivity index (χ4v) is 2.96. The van der Waals surface area contributed by atoms with Gasteiger partial charge in [0, 0.05) is 12.1 Å². The van der Waals surface area contributed by atoms with E-state index >= 15 is 0 Å². The number of hydrogen-bond donors (Lipinski definition) is 3. The summed E-state index contributed by atoms with van der Waals surface area (Å²) in [7, 11) is 3.10. The Labute approximate surface area is 155 Å². The molecule has 0 saturated heterocycles. The first-order chi connectivity index (χ1) is 13.0. The summed E-state index contributed by atoms with van der Waals surface area (Å²) in [4.78, 5) is 21.4. The summed E-state index contributed by atoms with van der Waals surface area (Å²) in [5, 5.41) is 9.35. The van der Waals surface area contributed by atoms with Crippen molar-refractivity contribution in [2.24, 2.45) is 5.84 Å². The number of benzene rings is 1. The largest absolute Gasteiger partial charge is 0.493 e. The minimum absolute atomic E-state index is 0.0764. The Morgan fingerprint density at radius 2 is 1.96 bits per heavy atom. The second-order valence-electron chi connectivity index (χ2n) is 5.80. The van der Waals surface area contributed by atoms with Gasteiger partial charge >= 0.3 is 0 Å². The summed E-state index contributed by atoms with van der Waals surface area (Å²) in [6.45, 7) is 2.03. The van der Waals surface area contributed by atoms with Gasteiger partial charge in [0.2, 0.25) is 0 Å². The summed E-state index contributed by atoms with van der Waals surface area (Å²) in [6, 6.07) is 6.98. The van der Waals surface area contributed by atoms with Crippen molar-refractivity contribution in [1.82, 2.24) is 20.0 Å². The molecule has 1 amide bonds. The van der Waals surface area contributed by atoms with E-state index in [0.29, 0.717) is 46.3 Å². The van der Waals surface area contributed by atoms with E-state index in [1.165, 1.54) is 0 Å². The second-order valence-corrected chi connectivity index (χ2v) is 5.80. The molecule has 9 heteroatoms. The van der Waals surface area contributed by atoms with Crippen LogP contribution in [0.4, 0.5) is 0 Å². The number of hydrogen-bond acceptors (Lipinski definition) is 7. The highest BCUT2D eigenvalue weighted by Crippen LogP contribution is 2.33. The number of aliphatic hydroxyl groups is 1. The molecule has 0 bridgehead atoms. The van der Waals surface area contributed by atoms with Gasteiger partial charge in [-0.3, -0.25) is 10.2 Å². The lowest BCUT2D eigenvalue weighted by atomic mass is 10.1. The number of nitrogens with two attached hydrogens (primary N) is 1. The van der Waals surface area contributed by atoms with Crippen LogP contribution in [-0.2, 0) is 6.54 Å². The van der Waals surface area contributed by atoms with Gasteiger partial charge in [-0.2, -0.15) is 0 Å². The maximum Gasteiger partial charge on any atom is 0.267 e. The third-order valence-electron chi connectivity index (χ3n) is 4.27. The number of carbonyl (C=O) groups excluding carboxylic acids is 1. The average molecular weight is 371 g/mol. The number of nitrogen functional groups attached to an aromatic ring is 1. The quantitative estimate of drug-likeness (QED) is 0.336. The van der Waals surface area contributed by atoms with E-state index in [1.54, 1.807) is 43.9 Å².